The first-order valence-electron chi connectivity index (χ1n) is 10.4. The third-order valence-electron chi connectivity index (χ3n) is 5.77. The van der Waals surface area contributed by atoms with Crippen molar-refractivity contribution in [3.63, 3.8) is 0 Å². The number of nitrogens with zero attached hydrogens (tertiary/aromatic N) is 5. The van der Waals surface area contributed by atoms with E-state index in [-0.39, 0.29) is 12.5 Å². The van der Waals surface area contributed by atoms with Crippen molar-refractivity contribution < 1.29 is 19.7 Å². The van der Waals surface area contributed by atoms with Crippen LogP contribution in [0.5, 0.6) is 0 Å². The number of hydrogen-bond donors (Lipinski definition) is 3. The van der Waals surface area contributed by atoms with Gasteiger partial charge in [0.15, 0.2) is 23.2 Å². The molecule has 0 bridgehead atoms. The van der Waals surface area contributed by atoms with Crippen molar-refractivity contribution in [3.8, 4) is 0 Å². The molecule has 10 heteroatoms. The van der Waals surface area contributed by atoms with Crippen LogP contribution in [-0.2, 0) is 4.74 Å². The van der Waals surface area contributed by atoms with Gasteiger partial charge < -0.3 is 25.2 Å². The zero-order valence-electron chi connectivity index (χ0n) is 16.9. The molecule has 2 fully saturated rings. The van der Waals surface area contributed by atoms with E-state index < -0.39 is 18.4 Å². The Morgan fingerprint density at radius 2 is 2.06 bits per heavy atom. The summed E-state index contributed by atoms with van der Waals surface area (Å²) < 4.78 is 7.37. The van der Waals surface area contributed by atoms with Crippen LogP contribution < -0.4 is 5.32 Å². The van der Waals surface area contributed by atoms with E-state index in [9.17, 15) is 15.0 Å². The number of carbonyl (C=O) groups is 1. The third-order valence-corrected chi connectivity index (χ3v) is 5.77. The number of hydrogen-bond acceptors (Lipinski definition) is 8. The van der Waals surface area contributed by atoms with Crippen LogP contribution in [0.4, 0.5) is 11.5 Å². The Balaban J connectivity index is 1.41. The average Bonchev–Trinajstić information content (AvgIpc) is 3.53. The Morgan fingerprint density at radius 1 is 1.23 bits per heavy atom. The van der Waals surface area contributed by atoms with Crippen LogP contribution in [0, 0.1) is 0 Å². The molecule has 2 aliphatic heterocycles. The number of aliphatic hydroxyl groups is 2. The minimum Gasteiger partial charge on any atom is -0.394 e. The van der Waals surface area contributed by atoms with Crippen LogP contribution >= 0.6 is 0 Å². The highest BCUT2D eigenvalue weighted by Crippen LogP contribution is 2.32. The maximum atomic E-state index is 12.7. The minimum absolute atomic E-state index is 0.0315. The zero-order chi connectivity index (χ0) is 21.4. The molecule has 10 nitrogen and oxygen atoms in total. The standard InChI is InChI=1S/C21H24N6O4/c28-10-15-9-16(29)21(31-15)27-12-24-17-18(22-11-23-19(17)27)25-14-5-3-4-13(8-14)20(30)26-6-1-2-7-26/h3-5,8,11-12,15-16,21,28-29H,1-2,6-7,9-10H2,(H,22,23,25)/t15-,16+,21+/m0/s1. The molecular weight excluding hydrogens is 400 g/mol. The van der Waals surface area contributed by atoms with Crippen LogP contribution in [0.1, 0.15) is 35.8 Å². The number of anilines is 2. The maximum Gasteiger partial charge on any atom is 0.253 e. The highest BCUT2D eigenvalue weighted by Gasteiger charge is 2.36. The smallest absolute Gasteiger partial charge is 0.253 e. The lowest BCUT2D eigenvalue weighted by molar-refractivity contribution is -0.0486. The van der Waals surface area contributed by atoms with Gasteiger partial charge in [-0.05, 0) is 31.0 Å². The molecular formula is C21H24N6O4. The normalized spacial score (nSPS) is 23.5. The molecule has 0 unspecified atom stereocenters. The molecule has 3 aromatic rings. The van der Waals surface area contributed by atoms with Gasteiger partial charge in [0.05, 0.1) is 19.0 Å². The van der Waals surface area contributed by atoms with Crippen molar-refractivity contribution in [1.29, 1.82) is 0 Å². The number of nitrogens with one attached hydrogen (secondary N) is 1. The number of imidazole rings is 1. The van der Waals surface area contributed by atoms with Gasteiger partial charge in [0.1, 0.15) is 12.4 Å². The molecule has 2 aliphatic rings. The minimum atomic E-state index is -0.769. The number of rotatable bonds is 5. The zero-order valence-corrected chi connectivity index (χ0v) is 16.9. The van der Waals surface area contributed by atoms with Crippen molar-refractivity contribution in [2.75, 3.05) is 25.0 Å². The SMILES string of the molecule is O=C(c1cccc(Nc2ncnc3c2ncn3[C@@H]2O[C@H](CO)C[C@H]2O)c1)N1CCCC1. The molecule has 1 aromatic carbocycles. The number of aliphatic hydroxyl groups excluding tert-OH is 2. The number of ether oxygens (including phenoxy) is 1. The molecule has 3 atom stereocenters. The summed E-state index contributed by atoms with van der Waals surface area (Å²) in [5.41, 5.74) is 2.36. The summed E-state index contributed by atoms with van der Waals surface area (Å²) >= 11 is 0. The fourth-order valence-electron chi connectivity index (χ4n) is 4.20. The third kappa shape index (κ3) is 3.73. The van der Waals surface area contributed by atoms with Gasteiger partial charge in [0.25, 0.3) is 5.91 Å². The van der Waals surface area contributed by atoms with Crippen molar-refractivity contribution in [1.82, 2.24) is 24.4 Å². The van der Waals surface area contributed by atoms with Gasteiger partial charge in [-0.25, -0.2) is 15.0 Å². The van der Waals surface area contributed by atoms with E-state index in [1.165, 1.54) is 6.33 Å². The first-order chi connectivity index (χ1) is 15.1. The van der Waals surface area contributed by atoms with E-state index in [1.54, 1.807) is 17.0 Å². The highest BCUT2D eigenvalue weighted by molar-refractivity contribution is 5.95. The lowest BCUT2D eigenvalue weighted by Gasteiger charge is -2.17. The van der Waals surface area contributed by atoms with Gasteiger partial charge in [-0.3, -0.25) is 9.36 Å². The number of fused-ring (bicyclic) bond motifs is 1. The Hall–Kier alpha value is -3.08. The van der Waals surface area contributed by atoms with Crippen LogP contribution in [0.25, 0.3) is 11.2 Å². The molecule has 3 N–H and O–H groups in total. The molecule has 0 spiro atoms. The molecule has 1 amide bonds. The largest absolute Gasteiger partial charge is 0.394 e. The Labute approximate surface area is 178 Å². The monoisotopic (exact) mass is 424 g/mol. The molecule has 0 radical (unpaired) electrons. The van der Waals surface area contributed by atoms with E-state index in [2.05, 4.69) is 20.3 Å². The highest BCUT2D eigenvalue weighted by atomic mass is 16.5. The average molecular weight is 424 g/mol. The van der Waals surface area contributed by atoms with Crippen LogP contribution in [0.2, 0.25) is 0 Å². The van der Waals surface area contributed by atoms with Crippen molar-refractivity contribution >= 4 is 28.6 Å². The summed E-state index contributed by atoms with van der Waals surface area (Å²) in [6.07, 6.45) is 3.52. The molecule has 31 heavy (non-hydrogen) atoms. The molecule has 0 aliphatic carbocycles. The second kappa shape index (κ2) is 8.22. The molecule has 4 heterocycles. The van der Waals surface area contributed by atoms with Gasteiger partial charge >= 0.3 is 0 Å². The molecule has 5 rings (SSSR count). The second-order valence-electron chi connectivity index (χ2n) is 7.89. The fourth-order valence-corrected chi connectivity index (χ4v) is 4.20. The molecule has 2 saturated heterocycles. The summed E-state index contributed by atoms with van der Waals surface area (Å²) in [5, 5.41) is 22.9. The van der Waals surface area contributed by atoms with E-state index in [1.807, 2.05) is 23.1 Å². The summed E-state index contributed by atoms with van der Waals surface area (Å²) in [4.78, 5) is 27.6. The second-order valence-corrected chi connectivity index (χ2v) is 7.89. The summed E-state index contributed by atoms with van der Waals surface area (Å²) in [5.74, 6) is 0.518. The number of likely N-dealkylation sites (tertiary alicyclic amines) is 1. The number of aromatic nitrogens is 4. The predicted molar refractivity (Wildman–Crippen MR) is 112 cm³/mol. The Kier molecular flexibility index (Phi) is 5.26. The van der Waals surface area contributed by atoms with E-state index in [4.69, 9.17) is 4.74 Å². The predicted octanol–water partition coefficient (Wildman–Crippen LogP) is 1.45. The van der Waals surface area contributed by atoms with Crippen molar-refractivity contribution in [2.24, 2.45) is 0 Å². The van der Waals surface area contributed by atoms with Gasteiger partial charge in [-0.2, -0.15) is 0 Å². The van der Waals surface area contributed by atoms with Crippen LogP contribution in [0.3, 0.4) is 0 Å². The number of amides is 1. The fraction of sp³-hybridized carbons (Fsp3) is 0.429. The first-order valence-corrected chi connectivity index (χ1v) is 10.4. The van der Waals surface area contributed by atoms with Crippen LogP contribution in [0.15, 0.2) is 36.9 Å². The van der Waals surface area contributed by atoms with Crippen molar-refractivity contribution in [3.05, 3.63) is 42.5 Å². The lowest BCUT2D eigenvalue weighted by Crippen LogP contribution is -2.27. The lowest BCUT2D eigenvalue weighted by atomic mass is 10.1. The summed E-state index contributed by atoms with van der Waals surface area (Å²) in [6.45, 7) is 1.44. The summed E-state index contributed by atoms with van der Waals surface area (Å²) in [7, 11) is 0. The molecule has 0 saturated carbocycles. The van der Waals surface area contributed by atoms with Gasteiger partial charge in [-0.1, -0.05) is 6.07 Å². The van der Waals surface area contributed by atoms with Gasteiger partial charge in [-0.15, -0.1) is 0 Å². The van der Waals surface area contributed by atoms with E-state index in [0.717, 1.165) is 31.6 Å². The number of carbonyl (C=O) groups excluding carboxylic acids is 1. The molecule has 2 aromatic heterocycles. The number of benzene rings is 1. The van der Waals surface area contributed by atoms with Gasteiger partial charge in [0, 0.05) is 30.8 Å². The maximum absolute atomic E-state index is 12.7. The van der Waals surface area contributed by atoms with E-state index >= 15 is 0 Å². The Bertz CT molecular complexity index is 1100. The van der Waals surface area contributed by atoms with E-state index in [0.29, 0.717) is 29.0 Å². The van der Waals surface area contributed by atoms with Gasteiger partial charge in [0.2, 0.25) is 0 Å². The van der Waals surface area contributed by atoms with Crippen LogP contribution in [-0.4, -0.2) is 72.4 Å². The Morgan fingerprint density at radius 3 is 2.84 bits per heavy atom. The van der Waals surface area contributed by atoms with Crippen molar-refractivity contribution in [2.45, 2.75) is 37.7 Å². The summed E-state index contributed by atoms with van der Waals surface area (Å²) in [6, 6.07) is 7.32. The molecule has 162 valence electrons. The first kappa shape index (κ1) is 19.9. The quantitative estimate of drug-likeness (QED) is 0.562. The topological polar surface area (TPSA) is 126 Å².